The molecule has 4 rings (SSSR count). The van der Waals surface area contributed by atoms with Gasteiger partial charge in [0.15, 0.2) is 0 Å². The average molecular weight is 521 g/mol. The number of carbonyl (C=O) groups is 2. The van der Waals surface area contributed by atoms with Crippen molar-refractivity contribution in [1.82, 2.24) is 4.90 Å². The highest BCUT2D eigenvalue weighted by Gasteiger charge is 2.40. The van der Waals surface area contributed by atoms with Gasteiger partial charge in [-0.3, -0.25) is 9.69 Å². The molecular formula is C31H40N2O5. The van der Waals surface area contributed by atoms with E-state index >= 15 is 0 Å². The minimum atomic E-state index is -0.967. The lowest BCUT2D eigenvalue weighted by molar-refractivity contribution is -0.142. The zero-order chi connectivity index (χ0) is 27.8. The van der Waals surface area contributed by atoms with Crippen molar-refractivity contribution >= 4 is 23.7 Å². The van der Waals surface area contributed by atoms with Crippen molar-refractivity contribution in [3.05, 3.63) is 70.3 Å². The smallest absolute Gasteiger partial charge is 0.335 e. The first-order valence-electron chi connectivity index (χ1n) is 13.4. The van der Waals surface area contributed by atoms with E-state index in [1.807, 2.05) is 11.0 Å². The Morgan fingerprint density at radius 1 is 0.921 bits per heavy atom. The maximum atomic E-state index is 11.5. The van der Waals surface area contributed by atoms with Crippen LogP contribution in [-0.2, 0) is 15.6 Å². The van der Waals surface area contributed by atoms with Crippen LogP contribution in [0.5, 0.6) is 0 Å². The zero-order valence-corrected chi connectivity index (χ0v) is 23.1. The second-order valence-corrected chi connectivity index (χ2v) is 12.0. The molecule has 1 fully saturated rings. The predicted molar refractivity (Wildman–Crippen MR) is 150 cm³/mol. The van der Waals surface area contributed by atoms with E-state index in [0.29, 0.717) is 13.1 Å². The fourth-order valence-corrected chi connectivity index (χ4v) is 5.75. The van der Waals surface area contributed by atoms with E-state index in [0.717, 1.165) is 42.7 Å². The number of carboxylic acids is 2. The maximum Gasteiger partial charge on any atom is 0.335 e. The zero-order valence-electron chi connectivity index (χ0n) is 23.1. The molecule has 2 aliphatic rings. The van der Waals surface area contributed by atoms with Crippen molar-refractivity contribution in [1.29, 1.82) is 0 Å². The standard InChI is InChI=1S/C31H40N2O5/c1-20(28(35)36)32-14-16-33(17-15-32)25-19-23(18-24-27(25)31(4,5)13-12-30(24,2)3)26(34)11-8-21-6-9-22(10-7-21)29(37)38/h6-11,18-20,26,34H,12-17H2,1-5H3,(H,35,36)(H,37,38)/b11-8+. The van der Waals surface area contributed by atoms with E-state index in [1.54, 1.807) is 37.3 Å². The van der Waals surface area contributed by atoms with Crippen molar-refractivity contribution in [2.45, 2.75) is 70.4 Å². The third kappa shape index (κ3) is 5.64. The summed E-state index contributed by atoms with van der Waals surface area (Å²) >= 11 is 0. The van der Waals surface area contributed by atoms with Crippen LogP contribution in [0.4, 0.5) is 5.69 Å². The van der Waals surface area contributed by atoms with Gasteiger partial charge in [-0.15, -0.1) is 0 Å². The lowest BCUT2D eigenvalue weighted by atomic mass is 9.62. The summed E-state index contributed by atoms with van der Waals surface area (Å²) in [7, 11) is 0. The molecule has 2 aromatic carbocycles. The number of benzene rings is 2. The monoisotopic (exact) mass is 520 g/mol. The van der Waals surface area contributed by atoms with E-state index in [4.69, 9.17) is 5.11 Å². The number of aliphatic hydroxyl groups excluding tert-OH is 1. The normalized spacial score (nSPS) is 20.6. The summed E-state index contributed by atoms with van der Waals surface area (Å²) in [5.74, 6) is -1.76. The lowest BCUT2D eigenvalue weighted by Gasteiger charge is -2.46. The molecule has 0 spiro atoms. The summed E-state index contributed by atoms with van der Waals surface area (Å²) in [6.07, 6.45) is 4.87. The highest BCUT2D eigenvalue weighted by atomic mass is 16.4. The molecule has 1 aliphatic carbocycles. The molecule has 0 bridgehead atoms. The number of fused-ring (bicyclic) bond motifs is 1. The van der Waals surface area contributed by atoms with E-state index in [-0.39, 0.29) is 16.4 Å². The number of nitrogens with zero attached hydrogens (tertiary/aromatic N) is 2. The SMILES string of the molecule is CC(C(=O)O)N1CCN(c2cc(C(O)/C=C/c3ccc(C(=O)O)cc3)cc3c2C(C)(C)CCC3(C)C)CC1. The van der Waals surface area contributed by atoms with Crippen molar-refractivity contribution in [2.75, 3.05) is 31.1 Å². The molecule has 7 nitrogen and oxygen atoms in total. The molecular weight excluding hydrogens is 480 g/mol. The molecule has 0 aromatic heterocycles. The number of aromatic carboxylic acids is 1. The predicted octanol–water partition coefficient (Wildman–Crippen LogP) is 5.08. The molecule has 3 N–H and O–H groups in total. The van der Waals surface area contributed by atoms with E-state index in [1.165, 1.54) is 11.1 Å². The quantitative estimate of drug-likeness (QED) is 0.468. The van der Waals surface area contributed by atoms with Crippen molar-refractivity contribution in [3.63, 3.8) is 0 Å². The molecule has 2 aromatic rings. The van der Waals surface area contributed by atoms with Crippen molar-refractivity contribution in [3.8, 4) is 0 Å². The Labute approximate surface area is 225 Å². The number of hydrogen-bond donors (Lipinski definition) is 3. The summed E-state index contributed by atoms with van der Waals surface area (Å²) in [6.45, 7) is 13.7. The molecule has 38 heavy (non-hydrogen) atoms. The number of piperazine rings is 1. The number of rotatable bonds is 7. The van der Waals surface area contributed by atoms with Gasteiger partial charge in [0, 0.05) is 31.9 Å². The summed E-state index contributed by atoms with van der Waals surface area (Å²) < 4.78 is 0. The highest BCUT2D eigenvalue weighted by molar-refractivity contribution is 5.87. The molecule has 0 saturated carbocycles. The maximum absolute atomic E-state index is 11.5. The number of anilines is 1. The Bertz CT molecular complexity index is 1220. The third-order valence-corrected chi connectivity index (χ3v) is 8.45. The van der Waals surface area contributed by atoms with Crippen LogP contribution in [0, 0.1) is 0 Å². The first-order chi connectivity index (χ1) is 17.8. The van der Waals surface area contributed by atoms with Gasteiger partial charge in [0.25, 0.3) is 0 Å². The fourth-order valence-electron chi connectivity index (χ4n) is 5.75. The van der Waals surface area contributed by atoms with Gasteiger partial charge in [0.1, 0.15) is 6.04 Å². The van der Waals surface area contributed by atoms with Crippen LogP contribution in [0.15, 0.2) is 42.5 Å². The second-order valence-electron chi connectivity index (χ2n) is 12.0. The minimum Gasteiger partial charge on any atom is -0.480 e. The summed E-state index contributed by atoms with van der Waals surface area (Å²) in [5.41, 5.74) is 5.54. The summed E-state index contributed by atoms with van der Waals surface area (Å²) in [5, 5.41) is 29.8. The first kappa shape index (κ1) is 27.9. The van der Waals surface area contributed by atoms with Crippen LogP contribution >= 0.6 is 0 Å². The Balaban J connectivity index is 1.69. The number of aliphatic carboxylic acids is 1. The fraction of sp³-hybridized carbons (Fsp3) is 0.484. The molecule has 2 atom stereocenters. The van der Waals surface area contributed by atoms with Gasteiger partial charge in [-0.2, -0.15) is 0 Å². The van der Waals surface area contributed by atoms with Crippen molar-refractivity contribution < 1.29 is 24.9 Å². The third-order valence-electron chi connectivity index (χ3n) is 8.45. The van der Waals surface area contributed by atoms with Gasteiger partial charge in [-0.25, -0.2) is 4.79 Å². The van der Waals surface area contributed by atoms with Crippen LogP contribution in [0.2, 0.25) is 0 Å². The lowest BCUT2D eigenvalue weighted by Crippen LogP contribution is -2.52. The first-order valence-corrected chi connectivity index (χ1v) is 13.4. The van der Waals surface area contributed by atoms with E-state index in [2.05, 4.69) is 44.7 Å². The Morgan fingerprint density at radius 2 is 1.53 bits per heavy atom. The van der Waals surface area contributed by atoms with Gasteiger partial charge in [0.2, 0.25) is 0 Å². The molecule has 1 saturated heterocycles. The molecule has 1 aliphatic heterocycles. The van der Waals surface area contributed by atoms with Crippen LogP contribution in [0.3, 0.4) is 0 Å². The van der Waals surface area contributed by atoms with Gasteiger partial charge in [-0.1, -0.05) is 58.0 Å². The molecule has 0 amide bonds. The van der Waals surface area contributed by atoms with Crippen LogP contribution in [-0.4, -0.2) is 64.4 Å². The van der Waals surface area contributed by atoms with E-state index < -0.39 is 24.1 Å². The molecule has 7 heteroatoms. The van der Waals surface area contributed by atoms with Crippen LogP contribution < -0.4 is 4.90 Å². The van der Waals surface area contributed by atoms with Gasteiger partial charge in [-0.05, 0) is 71.0 Å². The number of aliphatic hydroxyl groups is 1. The Morgan fingerprint density at radius 3 is 2.11 bits per heavy atom. The van der Waals surface area contributed by atoms with Crippen molar-refractivity contribution in [2.24, 2.45) is 0 Å². The van der Waals surface area contributed by atoms with Gasteiger partial charge >= 0.3 is 11.9 Å². The molecule has 2 unspecified atom stereocenters. The topological polar surface area (TPSA) is 101 Å². The molecule has 1 heterocycles. The Hall–Kier alpha value is -3.16. The number of hydrogen-bond acceptors (Lipinski definition) is 5. The molecule has 0 radical (unpaired) electrons. The summed E-state index contributed by atoms with van der Waals surface area (Å²) in [6, 6.07) is 10.3. The second kappa shape index (κ2) is 10.5. The van der Waals surface area contributed by atoms with Gasteiger partial charge in [0.05, 0.1) is 11.7 Å². The largest absolute Gasteiger partial charge is 0.480 e. The Kier molecular flexibility index (Phi) is 7.73. The van der Waals surface area contributed by atoms with E-state index in [9.17, 15) is 19.8 Å². The minimum absolute atomic E-state index is 0.0170. The highest BCUT2D eigenvalue weighted by Crippen LogP contribution is 2.50. The molecule has 204 valence electrons. The van der Waals surface area contributed by atoms with Gasteiger partial charge < -0.3 is 20.2 Å². The number of carboxylic acid groups (broad SMARTS) is 2. The summed E-state index contributed by atoms with van der Waals surface area (Å²) in [4.78, 5) is 27.0. The van der Waals surface area contributed by atoms with Crippen LogP contribution in [0.1, 0.15) is 86.2 Å². The average Bonchev–Trinajstić information content (AvgIpc) is 2.89. The van der Waals surface area contributed by atoms with Crippen LogP contribution in [0.25, 0.3) is 6.08 Å².